The summed E-state index contributed by atoms with van der Waals surface area (Å²) in [4.78, 5) is 2.27. The van der Waals surface area contributed by atoms with Gasteiger partial charge in [-0.3, -0.25) is 0 Å². The molecular formula is C20H16BrClN2O3S. The molecule has 0 aromatic heterocycles. The van der Waals surface area contributed by atoms with Gasteiger partial charge in [-0.2, -0.15) is 13.5 Å². The number of halogens is 2. The first-order valence-corrected chi connectivity index (χ1v) is 10.9. The Labute approximate surface area is 177 Å². The van der Waals surface area contributed by atoms with Gasteiger partial charge < -0.3 is 4.74 Å². The highest BCUT2D eigenvalue weighted by Crippen LogP contribution is 2.19. The van der Waals surface area contributed by atoms with Crippen LogP contribution >= 0.6 is 27.5 Å². The topological polar surface area (TPSA) is 67.8 Å². The summed E-state index contributed by atoms with van der Waals surface area (Å²) in [6.45, 7) is 0.376. The summed E-state index contributed by atoms with van der Waals surface area (Å²) in [6, 6.07) is 20.9. The van der Waals surface area contributed by atoms with Crippen molar-refractivity contribution >= 4 is 43.8 Å². The molecule has 0 amide bonds. The highest BCUT2D eigenvalue weighted by atomic mass is 79.9. The number of para-hydroxylation sites is 1. The molecule has 5 nitrogen and oxygen atoms in total. The lowest BCUT2D eigenvalue weighted by molar-refractivity contribution is 0.305. The molecule has 144 valence electrons. The van der Waals surface area contributed by atoms with E-state index in [9.17, 15) is 8.42 Å². The molecule has 1 N–H and O–H groups in total. The van der Waals surface area contributed by atoms with Gasteiger partial charge in [0.1, 0.15) is 12.4 Å². The quantitative estimate of drug-likeness (QED) is 0.383. The van der Waals surface area contributed by atoms with Crippen molar-refractivity contribution in [1.82, 2.24) is 4.83 Å². The number of nitrogens with one attached hydrogen (secondary N) is 1. The van der Waals surface area contributed by atoms with Crippen LogP contribution < -0.4 is 9.57 Å². The molecule has 0 unspecified atom stereocenters. The minimum atomic E-state index is -3.77. The van der Waals surface area contributed by atoms with Crippen LogP contribution in [-0.2, 0) is 16.6 Å². The van der Waals surface area contributed by atoms with E-state index in [2.05, 4.69) is 25.9 Å². The molecule has 3 aromatic carbocycles. The lowest BCUT2D eigenvalue weighted by Crippen LogP contribution is -2.18. The Bertz CT molecular complexity index is 1090. The summed E-state index contributed by atoms with van der Waals surface area (Å²) < 4.78 is 31.3. The third-order valence-electron chi connectivity index (χ3n) is 3.70. The van der Waals surface area contributed by atoms with Crippen molar-refractivity contribution in [2.75, 3.05) is 0 Å². The maximum absolute atomic E-state index is 12.3. The monoisotopic (exact) mass is 478 g/mol. The first kappa shape index (κ1) is 20.4. The van der Waals surface area contributed by atoms with Gasteiger partial charge >= 0.3 is 0 Å². The molecule has 3 rings (SSSR count). The predicted octanol–water partition coefficient (Wildman–Crippen LogP) is 4.99. The van der Waals surface area contributed by atoms with Crippen LogP contribution in [0.25, 0.3) is 0 Å². The molecule has 0 saturated heterocycles. The number of nitrogens with zero attached hydrogens (tertiary/aromatic N) is 1. The molecule has 0 radical (unpaired) electrons. The first-order chi connectivity index (χ1) is 13.4. The average molecular weight is 480 g/mol. The van der Waals surface area contributed by atoms with Gasteiger partial charge in [0.2, 0.25) is 0 Å². The third kappa shape index (κ3) is 5.58. The number of benzene rings is 3. The summed E-state index contributed by atoms with van der Waals surface area (Å²) >= 11 is 9.21. The minimum Gasteiger partial charge on any atom is -0.488 e. The van der Waals surface area contributed by atoms with E-state index < -0.39 is 10.0 Å². The Morgan fingerprint density at radius 1 is 1.04 bits per heavy atom. The molecule has 0 spiro atoms. The summed E-state index contributed by atoms with van der Waals surface area (Å²) in [7, 11) is -3.77. The second-order valence-electron chi connectivity index (χ2n) is 5.76. The van der Waals surface area contributed by atoms with Crippen LogP contribution in [0.5, 0.6) is 5.75 Å². The van der Waals surface area contributed by atoms with Crippen LogP contribution in [-0.4, -0.2) is 14.6 Å². The number of ether oxygens (including phenoxy) is 1. The van der Waals surface area contributed by atoms with Gasteiger partial charge in [0, 0.05) is 15.1 Å². The van der Waals surface area contributed by atoms with Crippen molar-refractivity contribution in [2.24, 2.45) is 5.10 Å². The second-order valence-corrected chi connectivity index (χ2v) is 8.78. The first-order valence-electron chi connectivity index (χ1n) is 8.21. The van der Waals surface area contributed by atoms with Gasteiger partial charge in [0.25, 0.3) is 10.0 Å². The maximum atomic E-state index is 12.3. The summed E-state index contributed by atoms with van der Waals surface area (Å²) in [5, 5.41) is 4.32. The molecule has 0 heterocycles. The summed E-state index contributed by atoms with van der Waals surface area (Å²) in [6.07, 6.45) is 1.41. The SMILES string of the molecule is O=S(=O)(NN=Cc1ccccc1OCc1cccc(Br)c1)c1ccc(Cl)cc1. The molecular weight excluding hydrogens is 464 g/mol. The zero-order valence-corrected chi connectivity index (χ0v) is 17.7. The van der Waals surface area contributed by atoms with E-state index in [0.717, 1.165) is 10.0 Å². The van der Waals surface area contributed by atoms with Crippen molar-refractivity contribution in [3.8, 4) is 5.75 Å². The van der Waals surface area contributed by atoms with Crippen molar-refractivity contribution in [1.29, 1.82) is 0 Å². The van der Waals surface area contributed by atoms with E-state index in [-0.39, 0.29) is 4.90 Å². The fraction of sp³-hybridized carbons (Fsp3) is 0.0500. The molecule has 0 aliphatic carbocycles. The fourth-order valence-electron chi connectivity index (χ4n) is 2.34. The van der Waals surface area contributed by atoms with E-state index in [1.165, 1.54) is 30.5 Å². The van der Waals surface area contributed by atoms with Crippen LogP contribution in [0.3, 0.4) is 0 Å². The van der Waals surface area contributed by atoms with Crippen molar-refractivity contribution in [3.05, 3.63) is 93.4 Å². The van der Waals surface area contributed by atoms with E-state index in [1.807, 2.05) is 36.4 Å². The maximum Gasteiger partial charge on any atom is 0.276 e. The highest BCUT2D eigenvalue weighted by Gasteiger charge is 2.12. The Balaban J connectivity index is 1.69. The molecule has 0 aliphatic heterocycles. The second kappa shape index (κ2) is 9.23. The van der Waals surface area contributed by atoms with E-state index in [4.69, 9.17) is 16.3 Å². The highest BCUT2D eigenvalue weighted by molar-refractivity contribution is 9.10. The Hall–Kier alpha value is -2.35. The Morgan fingerprint density at radius 3 is 2.54 bits per heavy atom. The molecule has 0 bridgehead atoms. The van der Waals surface area contributed by atoms with Gasteiger partial charge in [0.05, 0.1) is 11.1 Å². The third-order valence-corrected chi connectivity index (χ3v) is 5.69. The summed E-state index contributed by atoms with van der Waals surface area (Å²) in [5.41, 5.74) is 1.65. The Morgan fingerprint density at radius 2 is 1.79 bits per heavy atom. The fourth-order valence-corrected chi connectivity index (χ4v) is 3.70. The minimum absolute atomic E-state index is 0.0771. The van der Waals surface area contributed by atoms with Crippen molar-refractivity contribution in [2.45, 2.75) is 11.5 Å². The predicted molar refractivity (Wildman–Crippen MR) is 114 cm³/mol. The molecule has 3 aromatic rings. The van der Waals surface area contributed by atoms with Gasteiger partial charge in [0.15, 0.2) is 0 Å². The largest absolute Gasteiger partial charge is 0.488 e. The van der Waals surface area contributed by atoms with Crippen LogP contribution in [0.4, 0.5) is 0 Å². The standard InChI is InChI=1S/C20H16BrClN2O3S/c21-17-6-3-4-15(12-17)14-27-20-7-2-1-5-16(20)13-23-24-28(25,26)19-10-8-18(22)9-11-19/h1-13,24H,14H2. The number of sulfonamides is 1. The zero-order chi connectivity index (χ0) is 20.0. The lowest BCUT2D eigenvalue weighted by atomic mass is 10.2. The van der Waals surface area contributed by atoms with E-state index >= 15 is 0 Å². The van der Waals surface area contributed by atoms with Gasteiger partial charge in [-0.15, -0.1) is 0 Å². The van der Waals surface area contributed by atoms with Gasteiger partial charge in [-0.05, 0) is 54.1 Å². The van der Waals surface area contributed by atoms with Crippen LogP contribution in [0.2, 0.25) is 5.02 Å². The number of rotatable bonds is 7. The van der Waals surface area contributed by atoms with E-state index in [0.29, 0.717) is 22.9 Å². The average Bonchev–Trinajstić information content (AvgIpc) is 2.67. The van der Waals surface area contributed by atoms with Crippen molar-refractivity contribution < 1.29 is 13.2 Å². The normalized spacial score (nSPS) is 11.5. The number of hydrogen-bond acceptors (Lipinski definition) is 4. The molecule has 0 aliphatic rings. The van der Waals surface area contributed by atoms with Crippen LogP contribution in [0.15, 0.2) is 87.3 Å². The van der Waals surface area contributed by atoms with Gasteiger partial charge in [-0.25, -0.2) is 4.83 Å². The molecule has 8 heteroatoms. The smallest absolute Gasteiger partial charge is 0.276 e. The van der Waals surface area contributed by atoms with E-state index in [1.54, 1.807) is 12.1 Å². The van der Waals surface area contributed by atoms with Crippen molar-refractivity contribution in [3.63, 3.8) is 0 Å². The van der Waals surface area contributed by atoms with Gasteiger partial charge in [-0.1, -0.05) is 51.8 Å². The molecule has 0 saturated carbocycles. The molecule has 0 atom stereocenters. The van der Waals surface area contributed by atoms with Crippen LogP contribution in [0.1, 0.15) is 11.1 Å². The number of hydrogen-bond donors (Lipinski definition) is 1. The van der Waals surface area contributed by atoms with Crippen LogP contribution in [0, 0.1) is 0 Å². The molecule has 28 heavy (non-hydrogen) atoms. The Kier molecular flexibility index (Phi) is 6.72. The zero-order valence-electron chi connectivity index (χ0n) is 14.5. The molecule has 0 fully saturated rings. The lowest BCUT2D eigenvalue weighted by Gasteiger charge is -2.09. The summed E-state index contributed by atoms with van der Waals surface area (Å²) in [5.74, 6) is 0.594. The number of hydrazone groups is 1.